The van der Waals surface area contributed by atoms with Gasteiger partial charge in [0.15, 0.2) is 0 Å². The van der Waals surface area contributed by atoms with E-state index in [-0.39, 0.29) is 5.91 Å². The first-order valence-corrected chi connectivity index (χ1v) is 7.47. The number of nitrogens with one attached hydrogen (secondary N) is 1. The van der Waals surface area contributed by atoms with Crippen LogP contribution < -0.4 is 5.32 Å². The molecule has 98 valence electrons. The van der Waals surface area contributed by atoms with E-state index in [9.17, 15) is 4.79 Å². The largest absolute Gasteiger partial charge is 0.351 e. The second-order valence-electron chi connectivity index (χ2n) is 5.06. The van der Waals surface area contributed by atoms with E-state index in [1.807, 2.05) is 0 Å². The van der Waals surface area contributed by atoms with Crippen LogP contribution >= 0.6 is 27.5 Å². The molecule has 0 bridgehead atoms. The van der Waals surface area contributed by atoms with E-state index < -0.39 is 0 Å². The molecule has 0 aromatic heterocycles. The number of rotatable bonds is 5. The lowest BCUT2D eigenvalue weighted by Crippen LogP contribution is -2.30. The smallest absolute Gasteiger partial charge is 0.252 e. The van der Waals surface area contributed by atoms with Gasteiger partial charge < -0.3 is 5.32 Å². The van der Waals surface area contributed by atoms with Gasteiger partial charge in [-0.2, -0.15) is 0 Å². The van der Waals surface area contributed by atoms with Gasteiger partial charge in [0.25, 0.3) is 5.91 Å². The third kappa shape index (κ3) is 3.27. The lowest BCUT2D eigenvalue weighted by molar-refractivity contribution is 0.0943. The molecule has 0 spiro atoms. The van der Waals surface area contributed by atoms with Crippen molar-refractivity contribution in [3.05, 3.63) is 33.3 Å². The molecule has 1 aromatic carbocycles. The van der Waals surface area contributed by atoms with Crippen molar-refractivity contribution in [2.24, 2.45) is 5.41 Å². The van der Waals surface area contributed by atoms with E-state index in [1.54, 1.807) is 18.2 Å². The molecule has 0 saturated heterocycles. The predicted octanol–water partition coefficient (Wildman–Crippen LogP) is 4.41. The summed E-state index contributed by atoms with van der Waals surface area (Å²) in [6, 6.07) is 5.26. The zero-order valence-electron chi connectivity index (χ0n) is 10.4. The molecule has 0 aliphatic heterocycles. The molecule has 4 heteroatoms. The van der Waals surface area contributed by atoms with Gasteiger partial charge in [-0.3, -0.25) is 4.79 Å². The van der Waals surface area contributed by atoms with Gasteiger partial charge in [-0.25, -0.2) is 0 Å². The van der Waals surface area contributed by atoms with Gasteiger partial charge in [0.1, 0.15) is 0 Å². The van der Waals surface area contributed by atoms with E-state index in [2.05, 4.69) is 28.2 Å². The first-order chi connectivity index (χ1) is 8.56. The van der Waals surface area contributed by atoms with Crippen molar-refractivity contribution in [2.75, 3.05) is 6.54 Å². The van der Waals surface area contributed by atoms with Crippen LogP contribution in [0.1, 0.15) is 43.0 Å². The minimum Gasteiger partial charge on any atom is -0.351 e. The van der Waals surface area contributed by atoms with Crippen LogP contribution in [0.3, 0.4) is 0 Å². The molecular weight excluding hydrogens is 314 g/mol. The Morgan fingerprint density at radius 2 is 2.22 bits per heavy atom. The van der Waals surface area contributed by atoms with Crippen molar-refractivity contribution in [1.29, 1.82) is 0 Å². The van der Waals surface area contributed by atoms with Crippen molar-refractivity contribution in [2.45, 2.75) is 32.6 Å². The van der Waals surface area contributed by atoms with Crippen LogP contribution in [0.5, 0.6) is 0 Å². The Bertz CT molecular complexity index is 457. The van der Waals surface area contributed by atoms with Crippen molar-refractivity contribution >= 4 is 33.4 Å². The minimum absolute atomic E-state index is 0.0493. The maximum absolute atomic E-state index is 12.1. The zero-order chi connectivity index (χ0) is 13.2. The maximum Gasteiger partial charge on any atom is 0.252 e. The van der Waals surface area contributed by atoms with E-state index >= 15 is 0 Å². The molecule has 1 saturated carbocycles. The number of hydrogen-bond acceptors (Lipinski definition) is 1. The van der Waals surface area contributed by atoms with E-state index in [4.69, 9.17) is 11.6 Å². The molecule has 1 aromatic rings. The van der Waals surface area contributed by atoms with Crippen LogP contribution in [0.25, 0.3) is 0 Å². The average molecular weight is 331 g/mol. The second kappa shape index (κ2) is 5.62. The fraction of sp³-hybridized carbons (Fsp3) is 0.500. The lowest BCUT2D eigenvalue weighted by atomic mass is 10.0. The lowest BCUT2D eigenvalue weighted by Gasteiger charge is -2.15. The van der Waals surface area contributed by atoms with Gasteiger partial charge >= 0.3 is 0 Å². The number of halogens is 2. The number of carbonyl (C=O) groups is 1. The topological polar surface area (TPSA) is 29.1 Å². The van der Waals surface area contributed by atoms with Gasteiger partial charge in [-0.05, 0) is 58.8 Å². The molecule has 2 nitrogen and oxygen atoms in total. The Morgan fingerprint density at radius 1 is 1.50 bits per heavy atom. The number of amides is 1. The Balaban J connectivity index is 1.98. The third-order valence-electron chi connectivity index (χ3n) is 3.53. The van der Waals surface area contributed by atoms with Crippen LogP contribution in [0.4, 0.5) is 0 Å². The number of carbonyl (C=O) groups excluding carboxylic acids is 1. The summed E-state index contributed by atoms with van der Waals surface area (Å²) >= 11 is 9.29. The van der Waals surface area contributed by atoms with Crippen molar-refractivity contribution < 1.29 is 4.79 Å². The summed E-state index contributed by atoms with van der Waals surface area (Å²) in [6.07, 6.45) is 4.84. The molecule has 18 heavy (non-hydrogen) atoms. The molecule has 2 rings (SSSR count). The summed E-state index contributed by atoms with van der Waals surface area (Å²) in [5.74, 6) is -0.0493. The molecule has 0 radical (unpaired) electrons. The standard InChI is InChI=1S/C14H17BrClNO/c1-2-5-14(6-7-14)9-17-13(18)11-8-10(16)3-4-12(11)15/h3-4,8H,2,5-7,9H2,1H3,(H,17,18). The van der Waals surface area contributed by atoms with Gasteiger partial charge in [0.05, 0.1) is 5.56 Å². The Kier molecular flexibility index (Phi) is 4.33. The first-order valence-electron chi connectivity index (χ1n) is 6.29. The van der Waals surface area contributed by atoms with E-state index in [0.29, 0.717) is 16.0 Å². The van der Waals surface area contributed by atoms with Crippen molar-refractivity contribution in [1.82, 2.24) is 5.32 Å². The quantitative estimate of drug-likeness (QED) is 0.851. The molecule has 1 amide bonds. The number of hydrogen-bond donors (Lipinski definition) is 1. The summed E-state index contributed by atoms with van der Waals surface area (Å²) in [7, 11) is 0. The highest BCUT2D eigenvalue weighted by Gasteiger charge is 2.41. The fourth-order valence-electron chi connectivity index (χ4n) is 2.26. The number of benzene rings is 1. The molecule has 1 aliphatic carbocycles. The van der Waals surface area contributed by atoms with Crippen LogP contribution in [0, 0.1) is 5.41 Å². The summed E-state index contributed by atoms with van der Waals surface area (Å²) in [4.78, 5) is 12.1. The Labute approximate surface area is 121 Å². The minimum atomic E-state index is -0.0493. The highest BCUT2D eigenvalue weighted by atomic mass is 79.9. The molecule has 0 unspecified atom stereocenters. The van der Waals surface area contributed by atoms with E-state index in [0.717, 1.165) is 11.0 Å². The molecule has 0 heterocycles. The van der Waals surface area contributed by atoms with Crippen molar-refractivity contribution in [3.63, 3.8) is 0 Å². The van der Waals surface area contributed by atoms with Gasteiger partial charge in [0.2, 0.25) is 0 Å². The molecule has 1 N–H and O–H groups in total. The molecule has 1 aliphatic rings. The van der Waals surface area contributed by atoms with E-state index in [1.165, 1.54) is 25.7 Å². The SMILES string of the molecule is CCCC1(CNC(=O)c2cc(Cl)ccc2Br)CC1. The third-order valence-corrected chi connectivity index (χ3v) is 4.46. The summed E-state index contributed by atoms with van der Waals surface area (Å²) in [5, 5.41) is 3.61. The second-order valence-corrected chi connectivity index (χ2v) is 6.35. The average Bonchev–Trinajstić information content (AvgIpc) is 3.10. The maximum atomic E-state index is 12.1. The van der Waals surface area contributed by atoms with Crippen LogP contribution in [0.2, 0.25) is 5.02 Å². The van der Waals surface area contributed by atoms with Gasteiger partial charge in [0, 0.05) is 16.0 Å². The van der Waals surface area contributed by atoms with Gasteiger partial charge in [-0.1, -0.05) is 24.9 Å². The predicted molar refractivity (Wildman–Crippen MR) is 78.1 cm³/mol. The monoisotopic (exact) mass is 329 g/mol. The normalized spacial score (nSPS) is 16.4. The molecular formula is C14H17BrClNO. The Morgan fingerprint density at radius 3 is 2.83 bits per heavy atom. The summed E-state index contributed by atoms with van der Waals surface area (Å²) < 4.78 is 0.782. The van der Waals surface area contributed by atoms with Crippen LogP contribution in [-0.2, 0) is 0 Å². The Hall–Kier alpha value is -0.540. The fourth-order valence-corrected chi connectivity index (χ4v) is 2.86. The molecule has 1 fully saturated rings. The highest BCUT2D eigenvalue weighted by molar-refractivity contribution is 9.10. The first kappa shape index (κ1) is 13.9. The zero-order valence-corrected chi connectivity index (χ0v) is 12.8. The summed E-state index contributed by atoms with van der Waals surface area (Å²) in [6.45, 7) is 2.97. The van der Waals surface area contributed by atoms with Gasteiger partial charge in [-0.15, -0.1) is 0 Å². The highest BCUT2D eigenvalue weighted by Crippen LogP contribution is 2.48. The summed E-state index contributed by atoms with van der Waals surface area (Å²) in [5.41, 5.74) is 0.977. The van der Waals surface area contributed by atoms with Crippen LogP contribution in [0.15, 0.2) is 22.7 Å². The van der Waals surface area contributed by atoms with Crippen LogP contribution in [-0.4, -0.2) is 12.5 Å². The van der Waals surface area contributed by atoms with Crippen molar-refractivity contribution in [3.8, 4) is 0 Å². The molecule has 0 atom stereocenters.